The van der Waals surface area contributed by atoms with Crippen molar-refractivity contribution in [2.24, 2.45) is 5.92 Å². The highest BCUT2D eigenvalue weighted by Crippen LogP contribution is 2.32. The lowest BCUT2D eigenvalue weighted by atomic mass is 10.0. The summed E-state index contributed by atoms with van der Waals surface area (Å²) in [5.41, 5.74) is 0. The second kappa shape index (κ2) is 6.16. The third-order valence-corrected chi connectivity index (χ3v) is 5.28. The van der Waals surface area contributed by atoms with Crippen LogP contribution in [0.25, 0.3) is 0 Å². The lowest BCUT2D eigenvalue weighted by Gasteiger charge is -2.38. The zero-order chi connectivity index (χ0) is 15.7. The summed E-state index contributed by atoms with van der Waals surface area (Å²) in [6, 6.07) is 0.218. The van der Waals surface area contributed by atoms with E-state index < -0.39 is 5.79 Å². The Hall–Kier alpha value is -1.14. The molecule has 2 atom stereocenters. The first-order chi connectivity index (χ1) is 10.5. The van der Waals surface area contributed by atoms with Crippen LogP contribution >= 0.6 is 0 Å². The average Bonchev–Trinajstić information content (AvgIpc) is 3.14. The number of amides is 2. The Balaban J connectivity index is 1.55. The summed E-state index contributed by atoms with van der Waals surface area (Å²) in [5, 5.41) is 0. The van der Waals surface area contributed by atoms with E-state index in [1.165, 1.54) is 0 Å². The third kappa shape index (κ3) is 2.86. The number of hydrogen-bond donors (Lipinski definition) is 0. The molecular weight excluding hydrogens is 284 g/mol. The molecule has 3 saturated heterocycles. The third-order valence-electron chi connectivity index (χ3n) is 5.28. The van der Waals surface area contributed by atoms with Gasteiger partial charge in [-0.25, -0.2) is 0 Å². The molecule has 0 N–H and O–H groups in total. The molecule has 3 aliphatic rings. The van der Waals surface area contributed by atoms with Gasteiger partial charge in [-0.1, -0.05) is 6.92 Å². The summed E-state index contributed by atoms with van der Waals surface area (Å²) in [6.45, 7) is 7.30. The van der Waals surface area contributed by atoms with E-state index in [0.29, 0.717) is 39.3 Å². The fourth-order valence-corrected chi connectivity index (χ4v) is 3.66. The lowest BCUT2D eigenvalue weighted by molar-refractivity contribution is -0.188. The molecule has 3 rings (SSSR count). The van der Waals surface area contributed by atoms with Crippen molar-refractivity contribution < 1.29 is 19.1 Å². The van der Waals surface area contributed by atoms with E-state index in [-0.39, 0.29) is 23.8 Å². The molecule has 3 aliphatic heterocycles. The van der Waals surface area contributed by atoms with Crippen LogP contribution in [-0.4, -0.2) is 66.3 Å². The van der Waals surface area contributed by atoms with E-state index >= 15 is 0 Å². The van der Waals surface area contributed by atoms with E-state index in [0.717, 1.165) is 19.3 Å². The van der Waals surface area contributed by atoms with Gasteiger partial charge in [0.05, 0.1) is 19.1 Å². The summed E-state index contributed by atoms with van der Waals surface area (Å²) >= 11 is 0. The minimum atomic E-state index is -0.453. The highest BCUT2D eigenvalue weighted by molar-refractivity contribution is 5.89. The SMILES string of the molecule is CCC(C)N1CC(C(=O)N2CCC3(CC2)OCCO3)CC1=O. The minimum absolute atomic E-state index is 0.114. The summed E-state index contributed by atoms with van der Waals surface area (Å²) in [6.07, 6.45) is 2.74. The molecule has 22 heavy (non-hydrogen) atoms. The molecule has 0 bridgehead atoms. The molecule has 0 aromatic carbocycles. The molecule has 2 amide bonds. The Morgan fingerprint density at radius 1 is 1.32 bits per heavy atom. The summed E-state index contributed by atoms with van der Waals surface area (Å²) in [5.74, 6) is -0.401. The van der Waals surface area contributed by atoms with Crippen molar-refractivity contribution in [3.05, 3.63) is 0 Å². The molecular formula is C16H26N2O4. The van der Waals surface area contributed by atoms with E-state index in [1.54, 1.807) is 0 Å². The second-order valence-electron chi connectivity index (χ2n) is 6.64. The number of carbonyl (C=O) groups excluding carboxylic acids is 2. The summed E-state index contributed by atoms with van der Waals surface area (Å²) in [7, 11) is 0. The zero-order valence-electron chi connectivity index (χ0n) is 13.5. The molecule has 6 heteroatoms. The molecule has 6 nitrogen and oxygen atoms in total. The maximum absolute atomic E-state index is 12.7. The Kier molecular flexibility index (Phi) is 4.41. The van der Waals surface area contributed by atoms with E-state index in [4.69, 9.17) is 9.47 Å². The molecule has 0 radical (unpaired) electrons. The fourth-order valence-electron chi connectivity index (χ4n) is 3.66. The highest BCUT2D eigenvalue weighted by Gasteiger charge is 2.43. The van der Waals surface area contributed by atoms with Gasteiger partial charge in [0.2, 0.25) is 11.8 Å². The normalized spacial score (nSPS) is 29.4. The van der Waals surface area contributed by atoms with Gasteiger partial charge in [-0.2, -0.15) is 0 Å². The summed E-state index contributed by atoms with van der Waals surface area (Å²) < 4.78 is 11.4. The van der Waals surface area contributed by atoms with Crippen LogP contribution in [0.1, 0.15) is 39.5 Å². The van der Waals surface area contributed by atoms with E-state index in [2.05, 4.69) is 6.92 Å². The average molecular weight is 310 g/mol. The number of hydrogen-bond acceptors (Lipinski definition) is 4. The first-order valence-corrected chi connectivity index (χ1v) is 8.41. The molecule has 2 unspecified atom stereocenters. The van der Waals surface area contributed by atoms with Crippen molar-refractivity contribution >= 4 is 11.8 Å². The van der Waals surface area contributed by atoms with Crippen LogP contribution in [0.4, 0.5) is 0 Å². The van der Waals surface area contributed by atoms with Crippen LogP contribution in [0, 0.1) is 5.92 Å². The molecule has 124 valence electrons. The Morgan fingerprint density at radius 3 is 2.55 bits per heavy atom. The van der Waals surface area contributed by atoms with Crippen LogP contribution in [0.2, 0.25) is 0 Å². The number of rotatable bonds is 3. The van der Waals surface area contributed by atoms with E-state index in [1.807, 2.05) is 16.7 Å². The molecule has 1 spiro atoms. The van der Waals surface area contributed by atoms with Crippen LogP contribution in [-0.2, 0) is 19.1 Å². The number of nitrogens with zero attached hydrogens (tertiary/aromatic N) is 2. The predicted molar refractivity (Wildman–Crippen MR) is 80.0 cm³/mol. The summed E-state index contributed by atoms with van der Waals surface area (Å²) in [4.78, 5) is 28.5. The van der Waals surface area contributed by atoms with Crippen molar-refractivity contribution in [3.63, 3.8) is 0 Å². The molecule has 3 fully saturated rings. The standard InChI is InChI=1S/C16H26N2O4/c1-3-12(2)18-11-13(10-14(18)19)15(20)17-6-4-16(5-7-17)21-8-9-22-16/h12-13H,3-11H2,1-2H3. The topological polar surface area (TPSA) is 59.1 Å². The van der Waals surface area contributed by atoms with Crippen LogP contribution in [0.3, 0.4) is 0 Å². The Morgan fingerprint density at radius 2 is 1.95 bits per heavy atom. The van der Waals surface area contributed by atoms with Gasteiger partial charge in [0.25, 0.3) is 0 Å². The van der Waals surface area contributed by atoms with Crippen molar-refractivity contribution in [2.45, 2.75) is 51.4 Å². The Bertz CT molecular complexity index is 437. The number of likely N-dealkylation sites (tertiary alicyclic amines) is 2. The molecule has 3 heterocycles. The van der Waals surface area contributed by atoms with Crippen LogP contribution in [0.15, 0.2) is 0 Å². The number of carbonyl (C=O) groups is 2. The largest absolute Gasteiger partial charge is 0.347 e. The van der Waals surface area contributed by atoms with Crippen molar-refractivity contribution in [2.75, 3.05) is 32.8 Å². The second-order valence-corrected chi connectivity index (χ2v) is 6.64. The van der Waals surface area contributed by atoms with Gasteiger partial charge in [-0.3, -0.25) is 9.59 Å². The van der Waals surface area contributed by atoms with Crippen LogP contribution < -0.4 is 0 Å². The van der Waals surface area contributed by atoms with Crippen molar-refractivity contribution in [1.82, 2.24) is 9.80 Å². The maximum atomic E-state index is 12.7. The smallest absolute Gasteiger partial charge is 0.228 e. The van der Waals surface area contributed by atoms with Gasteiger partial charge in [0.1, 0.15) is 0 Å². The van der Waals surface area contributed by atoms with Crippen LogP contribution in [0.5, 0.6) is 0 Å². The zero-order valence-corrected chi connectivity index (χ0v) is 13.5. The fraction of sp³-hybridized carbons (Fsp3) is 0.875. The highest BCUT2D eigenvalue weighted by atomic mass is 16.7. The Labute approximate surface area is 131 Å². The molecule has 0 saturated carbocycles. The monoisotopic (exact) mass is 310 g/mol. The van der Waals surface area contributed by atoms with Gasteiger partial charge < -0.3 is 19.3 Å². The first kappa shape index (κ1) is 15.7. The predicted octanol–water partition coefficient (Wildman–Crippen LogP) is 0.999. The molecule has 0 aromatic heterocycles. The number of piperidine rings is 1. The molecule has 0 aromatic rings. The maximum Gasteiger partial charge on any atom is 0.228 e. The van der Waals surface area contributed by atoms with E-state index in [9.17, 15) is 9.59 Å². The minimum Gasteiger partial charge on any atom is -0.347 e. The molecule has 0 aliphatic carbocycles. The van der Waals surface area contributed by atoms with Gasteiger partial charge in [-0.15, -0.1) is 0 Å². The van der Waals surface area contributed by atoms with Gasteiger partial charge in [0, 0.05) is 44.9 Å². The number of ether oxygens (including phenoxy) is 2. The van der Waals surface area contributed by atoms with Gasteiger partial charge in [-0.05, 0) is 13.3 Å². The van der Waals surface area contributed by atoms with Crippen molar-refractivity contribution in [1.29, 1.82) is 0 Å². The van der Waals surface area contributed by atoms with Gasteiger partial charge in [0.15, 0.2) is 5.79 Å². The van der Waals surface area contributed by atoms with Crippen molar-refractivity contribution in [3.8, 4) is 0 Å². The van der Waals surface area contributed by atoms with Gasteiger partial charge >= 0.3 is 0 Å². The quantitative estimate of drug-likeness (QED) is 0.780. The first-order valence-electron chi connectivity index (χ1n) is 8.41. The lowest BCUT2D eigenvalue weighted by Crippen LogP contribution is -2.49.